The number of aromatic nitrogens is 2. The summed E-state index contributed by atoms with van der Waals surface area (Å²) in [5, 5.41) is 2.62. The first-order valence-electron chi connectivity index (χ1n) is 8.10. The number of anilines is 1. The summed E-state index contributed by atoms with van der Waals surface area (Å²) >= 11 is 0. The predicted molar refractivity (Wildman–Crippen MR) is 93.9 cm³/mol. The number of rotatable bonds is 4. The van der Waals surface area contributed by atoms with E-state index in [0.29, 0.717) is 13.1 Å². The quantitative estimate of drug-likeness (QED) is 0.902. The molecule has 2 aromatic rings. The monoisotopic (exact) mass is 360 g/mol. The Kier molecular flexibility index (Phi) is 4.82. The number of hydrogen-bond acceptors (Lipinski definition) is 5. The van der Waals surface area contributed by atoms with Crippen molar-refractivity contribution in [3.63, 3.8) is 0 Å². The summed E-state index contributed by atoms with van der Waals surface area (Å²) < 4.78 is 26.7. The van der Waals surface area contributed by atoms with Gasteiger partial charge in [0.05, 0.1) is 4.90 Å². The molecule has 1 aliphatic rings. The van der Waals surface area contributed by atoms with Crippen LogP contribution in [-0.4, -0.2) is 41.7 Å². The Morgan fingerprint density at radius 1 is 1.08 bits per heavy atom. The maximum absolute atomic E-state index is 12.6. The average Bonchev–Trinajstić information content (AvgIpc) is 3.09. The van der Waals surface area contributed by atoms with E-state index in [1.165, 1.54) is 16.4 Å². The van der Waals surface area contributed by atoms with Gasteiger partial charge in [-0.3, -0.25) is 10.1 Å². The lowest BCUT2D eigenvalue weighted by Gasteiger charge is -2.16. The van der Waals surface area contributed by atoms with Crippen LogP contribution in [0, 0.1) is 13.8 Å². The predicted octanol–water partition coefficient (Wildman–Crippen LogP) is 2.13. The molecule has 1 saturated heterocycles. The summed E-state index contributed by atoms with van der Waals surface area (Å²) in [4.78, 5) is 20.9. The van der Waals surface area contributed by atoms with Gasteiger partial charge in [0.15, 0.2) is 0 Å². The summed E-state index contributed by atoms with van der Waals surface area (Å²) in [7, 11) is -3.56. The van der Waals surface area contributed by atoms with Gasteiger partial charge in [-0.25, -0.2) is 18.4 Å². The molecule has 0 aliphatic carbocycles. The molecular formula is C17H20N4O3S. The third-order valence-electron chi connectivity index (χ3n) is 4.01. The van der Waals surface area contributed by atoms with Gasteiger partial charge in [-0.15, -0.1) is 0 Å². The van der Waals surface area contributed by atoms with Crippen molar-refractivity contribution in [1.29, 1.82) is 0 Å². The second-order valence-electron chi connectivity index (χ2n) is 6.07. The molecule has 0 spiro atoms. The van der Waals surface area contributed by atoms with E-state index in [4.69, 9.17) is 0 Å². The average molecular weight is 360 g/mol. The summed E-state index contributed by atoms with van der Waals surface area (Å²) in [5.74, 6) is -0.237. The largest absolute Gasteiger partial charge is 0.290 e. The molecule has 1 fully saturated rings. The molecule has 1 aromatic carbocycles. The highest BCUT2D eigenvalue weighted by molar-refractivity contribution is 7.89. The normalized spacial score (nSPS) is 15.3. The van der Waals surface area contributed by atoms with Crippen LogP contribution < -0.4 is 5.32 Å². The molecule has 0 unspecified atom stereocenters. The number of nitrogens with zero attached hydrogens (tertiary/aromatic N) is 3. The van der Waals surface area contributed by atoms with Gasteiger partial charge in [0.25, 0.3) is 5.91 Å². The molecule has 1 aliphatic heterocycles. The number of hydrogen-bond donors (Lipinski definition) is 1. The summed E-state index contributed by atoms with van der Waals surface area (Å²) in [6.45, 7) is 4.67. The molecule has 25 heavy (non-hydrogen) atoms. The summed E-state index contributed by atoms with van der Waals surface area (Å²) in [6, 6.07) is 7.85. The van der Waals surface area contributed by atoms with Crippen LogP contribution in [0.2, 0.25) is 0 Å². The van der Waals surface area contributed by atoms with Crippen LogP contribution in [0.15, 0.2) is 35.2 Å². The lowest BCUT2D eigenvalue weighted by Crippen LogP contribution is -2.28. The fourth-order valence-corrected chi connectivity index (χ4v) is 4.39. The number of aryl methyl sites for hydroxylation is 2. The van der Waals surface area contributed by atoms with E-state index >= 15 is 0 Å². The number of benzene rings is 1. The molecule has 0 saturated carbocycles. The van der Waals surface area contributed by atoms with Crippen LogP contribution in [0.3, 0.4) is 0 Å². The second-order valence-corrected chi connectivity index (χ2v) is 8.01. The highest BCUT2D eigenvalue weighted by Crippen LogP contribution is 2.21. The van der Waals surface area contributed by atoms with Gasteiger partial charge >= 0.3 is 0 Å². The SMILES string of the molecule is Cc1cc(C)nc(NC(=O)c2cccc(S(=O)(=O)N3CCCC3)c2)n1. The fourth-order valence-electron chi connectivity index (χ4n) is 2.83. The zero-order valence-corrected chi connectivity index (χ0v) is 15.0. The van der Waals surface area contributed by atoms with Crippen LogP contribution in [0.4, 0.5) is 5.95 Å². The molecule has 1 N–H and O–H groups in total. The number of amides is 1. The Balaban J connectivity index is 1.84. The molecule has 1 aromatic heterocycles. The Morgan fingerprint density at radius 3 is 2.36 bits per heavy atom. The van der Waals surface area contributed by atoms with Crippen molar-refractivity contribution < 1.29 is 13.2 Å². The van der Waals surface area contributed by atoms with Crippen molar-refractivity contribution in [2.24, 2.45) is 0 Å². The van der Waals surface area contributed by atoms with E-state index in [2.05, 4.69) is 15.3 Å². The fraction of sp³-hybridized carbons (Fsp3) is 0.353. The first-order valence-corrected chi connectivity index (χ1v) is 9.54. The van der Waals surface area contributed by atoms with Crippen LogP contribution in [0.5, 0.6) is 0 Å². The molecule has 8 heteroatoms. The van der Waals surface area contributed by atoms with Gasteiger partial charge < -0.3 is 0 Å². The molecule has 1 amide bonds. The van der Waals surface area contributed by atoms with E-state index in [-0.39, 0.29) is 16.4 Å². The minimum absolute atomic E-state index is 0.128. The smallest absolute Gasteiger partial charge is 0.258 e. The van der Waals surface area contributed by atoms with E-state index in [0.717, 1.165) is 24.2 Å². The highest BCUT2D eigenvalue weighted by Gasteiger charge is 2.27. The van der Waals surface area contributed by atoms with Crippen molar-refractivity contribution >= 4 is 21.9 Å². The minimum atomic E-state index is -3.56. The summed E-state index contributed by atoms with van der Waals surface area (Å²) in [6.07, 6.45) is 1.73. The van der Waals surface area contributed by atoms with Crippen LogP contribution >= 0.6 is 0 Å². The van der Waals surface area contributed by atoms with Gasteiger partial charge in [-0.2, -0.15) is 4.31 Å². The van der Waals surface area contributed by atoms with Crippen molar-refractivity contribution in [2.75, 3.05) is 18.4 Å². The third kappa shape index (κ3) is 3.85. The number of sulfonamides is 1. The maximum Gasteiger partial charge on any atom is 0.258 e. The van der Waals surface area contributed by atoms with Gasteiger partial charge in [-0.05, 0) is 51.0 Å². The molecular weight excluding hydrogens is 340 g/mol. The van der Waals surface area contributed by atoms with Crippen molar-refractivity contribution in [3.8, 4) is 0 Å². The van der Waals surface area contributed by atoms with Crippen LogP contribution in [-0.2, 0) is 10.0 Å². The molecule has 132 valence electrons. The first-order chi connectivity index (χ1) is 11.9. The van der Waals surface area contributed by atoms with Crippen molar-refractivity contribution in [1.82, 2.24) is 14.3 Å². The van der Waals surface area contributed by atoms with E-state index < -0.39 is 15.9 Å². The van der Waals surface area contributed by atoms with E-state index in [1.807, 2.05) is 13.8 Å². The lowest BCUT2D eigenvalue weighted by atomic mass is 10.2. The Morgan fingerprint density at radius 2 is 1.72 bits per heavy atom. The molecule has 0 atom stereocenters. The maximum atomic E-state index is 12.6. The van der Waals surface area contributed by atoms with E-state index in [9.17, 15) is 13.2 Å². The lowest BCUT2D eigenvalue weighted by molar-refractivity contribution is 0.102. The molecule has 2 heterocycles. The molecule has 3 rings (SSSR count). The Hall–Kier alpha value is -2.32. The van der Waals surface area contributed by atoms with Gasteiger partial charge in [-0.1, -0.05) is 6.07 Å². The third-order valence-corrected chi connectivity index (χ3v) is 5.90. The Bertz CT molecular complexity index is 886. The topological polar surface area (TPSA) is 92.3 Å². The van der Waals surface area contributed by atoms with Crippen LogP contribution in [0.25, 0.3) is 0 Å². The molecule has 0 bridgehead atoms. The molecule has 7 nitrogen and oxygen atoms in total. The number of carbonyl (C=O) groups is 1. The summed E-state index contributed by atoms with van der Waals surface area (Å²) in [5.41, 5.74) is 1.74. The molecule has 0 radical (unpaired) electrons. The Labute approximate surface area is 147 Å². The first kappa shape index (κ1) is 17.5. The zero-order valence-electron chi connectivity index (χ0n) is 14.2. The minimum Gasteiger partial charge on any atom is -0.290 e. The number of carbonyl (C=O) groups excluding carboxylic acids is 1. The highest BCUT2D eigenvalue weighted by atomic mass is 32.2. The van der Waals surface area contributed by atoms with E-state index in [1.54, 1.807) is 18.2 Å². The van der Waals surface area contributed by atoms with Gasteiger partial charge in [0.1, 0.15) is 0 Å². The standard InChI is InChI=1S/C17H20N4O3S/c1-12-10-13(2)19-17(18-12)20-16(22)14-6-5-7-15(11-14)25(23,24)21-8-3-4-9-21/h5-7,10-11H,3-4,8-9H2,1-2H3,(H,18,19,20,22). The van der Waals surface area contributed by atoms with Crippen LogP contribution in [0.1, 0.15) is 34.6 Å². The van der Waals surface area contributed by atoms with Crippen molar-refractivity contribution in [2.45, 2.75) is 31.6 Å². The van der Waals surface area contributed by atoms with Gasteiger partial charge in [0.2, 0.25) is 16.0 Å². The van der Waals surface area contributed by atoms with Crippen molar-refractivity contribution in [3.05, 3.63) is 47.3 Å². The second kappa shape index (κ2) is 6.89. The van der Waals surface area contributed by atoms with Gasteiger partial charge in [0, 0.05) is 30.0 Å². The zero-order chi connectivity index (χ0) is 18.0. The number of nitrogens with one attached hydrogen (secondary N) is 1.